The van der Waals surface area contributed by atoms with Gasteiger partial charge in [0.2, 0.25) is 21.8 Å². The third-order valence-electron chi connectivity index (χ3n) is 13.0. The summed E-state index contributed by atoms with van der Waals surface area (Å²) in [4.78, 5) is 54.8. The van der Waals surface area contributed by atoms with E-state index in [1.165, 1.54) is 16.2 Å². The number of sulfonamides is 1. The maximum Gasteiger partial charge on any atom is 0.416 e. The number of thiazole rings is 1. The molecule has 3 N–H and O–H groups in total. The largest absolute Gasteiger partial charge is 0.496 e. The Kier molecular flexibility index (Phi) is 12.4. The molecule has 1 saturated heterocycles. The number of nitrogens with zero attached hydrogens (tertiary/aromatic N) is 3. The number of ether oxygens (including phenoxy) is 2. The number of alkyl halides is 3. The van der Waals surface area contributed by atoms with Gasteiger partial charge in [0.25, 0.3) is 5.91 Å². The van der Waals surface area contributed by atoms with Crippen LogP contribution in [-0.4, -0.2) is 83.1 Å². The number of carbonyl (C=O) groups is 3. The molecule has 2 aromatic heterocycles. The third kappa shape index (κ3) is 9.40. The molecule has 0 unspecified atom stereocenters. The van der Waals surface area contributed by atoms with Crippen molar-refractivity contribution in [1.82, 2.24) is 24.9 Å². The van der Waals surface area contributed by atoms with Gasteiger partial charge in [0.05, 0.1) is 35.2 Å². The van der Waals surface area contributed by atoms with Crippen LogP contribution in [0.15, 0.2) is 53.9 Å². The lowest BCUT2D eigenvalue weighted by molar-refractivity contribution is -0.140. The van der Waals surface area contributed by atoms with Gasteiger partial charge in [-0.05, 0) is 88.6 Å². The summed E-state index contributed by atoms with van der Waals surface area (Å²) in [5.41, 5.74) is -0.419. The van der Waals surface area contributed by atoms with Crippen molar-refractivity contribution in [2.24, 2.45) is 5.92 Å². The highest BCUT2D eigenvalue weighted by molar-refractivity contribution is 7.91. The first-order valence-corrected chi connectivity index (χ1v) is 24.2. The van der Waals surface area contributed by atoms with E-state index in [9.17, 15) is 40.4 Å². The van der Waals surface area contributed by atoms with E-state index in [-0.39, 0.29) is 37.4 Å². The van der Waals surface area contributed by atoms with Crippen molar-refractivity contribution in [3.63, 3.8) is 0 Å². The van der Waals surface area contributed by atoms with E-state index in [1.807, 2.05) is 32.2 Å². The van der Waals surface area contributed by atoms with Crippen LogP contribution in [0.25, 0.3) is 21.6 Å². The van der Waals surface area contributed by atoms with E-state index >= 15 is 0 Å². The van der Waals surface area contributed by atoms with Crippen molar-refractivity contribution in [2.45, 2.75) is 126 Å². The zero-order valence-electron chi connectivity index (χ0n) is 36.7. The molecule has 3 fully saturated rings. The molecule has 19 heteroatoms. The predicted molar refractivity (Wildman–Crippen MR) is 237 cm³/mol. The van der Waals surface area contributed by atoms with Crippen LogP contribution in [0.2, 0.25) is 0 Å². The molecule has 4 aromatic rings. The molecule has 13 nitrogen and oxygen atoms in total. The fourth-order valence-electron chi connectivity index (χ4n) is 8.64. The van der Waals surface area contributed by atoms with Crippen molar-refractivity contribution in [1.29, 1.82) is 0 Å². The Balaban J connectivity index is 1.17. The van der Waals surface area contributed by atoms with Crippen molar-refractivity contribution in [2.75, 3.05) is 19.0 Å². The van der Waals surface area contributed by atoms with Gasteiger partial charge in [0.1, 0.15) is 51.7 Å². The van der Waals surface area contributed by atoms with E-state index in [1.54, 1.807) is 38.3 Å². The summed E-state index contributed by atoms with van der Waals surface area (Å²) in [5.74, 6) is -2.82. The highest BCUT2D eigenvalue weighted by Gasteiger charge is 2.63. The Morgan fingerprint density at radius 1 is 1.06 bits per heavy atom. The highest BCUT2D eigenvalue weighted by atomic mass is 32.2. The lowest BCUT2D eigenvalue weighted by Crippen LogP contribution is -2.58. The second kappa shape index (κ2) is 17.5. The lowest BCUT2D eigenvalue weighted by atomic mass is 10.0. The van der Waals surface area contributed by atoms with Gasteiger partial charge in [-0.25, -0.2) is 22.8 Å². The molecule has 5 atom stereocenters. The maximum absolute atomic E-state index is 14.9. The summed E-state index contributed by atoms with van der Waals surface area (Å²) < 4.78 is 96.3. The molecule has 65 heavy (non-hydrogen) atoms. The fraction of sp³-hybridized carbons (Fsp3) is 0.500. The van der Waals surface area contributed by atoms with Crippen LogP contribution >= 0.6 is 11.3 Å². The molecule has 8 rings (SSSR count). The number of nitrogens with one attached hydrogen (secondary N) is 3. The van der Waals surface area contributed by atoms with Crippen molar-refractivity contribution in [3.05, 3.63) is 76.6 Å². The molecule has 2 aliphatic heterocycles. The fourth-order valence-corrected chi connectivity index (χ4v) is 10.9. The van der Waals surface area contributed by atoms with Gasteiger partial charge in [-0.1, -0.05) is 38.8 Å². The van der Waals surface area contributed by atoms with Crippen LogP contribution < -0.4 is 24.8 Å². The predicted octanol–water partition coefficient (Wildman–Crippen LogP) is 8.18. The number of methoxy groups -OCH3 is 1. The van der Waals surface area contributed by atoms with E-state index < -0.39 is 79.7 Å². The minimum Gasteiger partial charge on any atom is -0.496 e. The molecular formula is C46H52F4N6O7S2. The van der Waals surface area contributed by atoms with E-state index in [2.05, 4.69) is 15.4 Å². The standard InChI is InChI=1S/C46H52F4N6O7S2/c1-25(2)35-24-64-41(53-35)34-21-38(32-13-14-37(62-5)26(3)39(32)52-34)63-31-20-36-40(57)54-45(43(59)55-65(60,61)44(4)15-16-44)22-27(45)11-9-7-6-8-10-12-33(42(58)56(36)23-31)51-30-18-28(46(48,49)50)17-29(47)19-30/h9,11,13-14,17-19,21,24-25,27,31,33,36,51H,6-8,10,12,15-16,20,22-23H2,1-5H3,(H,54,57)(H,55,59)/t27-,31-,33+,36+,45-/m1/s1. The number of pyridine rings is 1. The summed E-state index contributed by atoms with van der Waals surface area (Å²) in [6.45, 7) is 7.32. The van der Waals surface area contributed by atoms with Gasteiger partial charge in [0.15, 0.2) is 0 Å². The third-order valence-corrected chi connectivity index (χ3v) is 16.1. The molecule has 0 radical (unpaired) electrons. The van der Waals surface area contributed by atoms with Crippen LogP contribution in [0.4, 0.5) is 23.2 Å². The molecule has 3 amide bonds. The molecular weight excluding hydrogens is 889 g/mol. The molecule has 2 aliphatic carbocycles. The summed E-state index contributed by atoms with van der Waals surface area (Å²) >= 11 is 1.42. The Morgan fingerprint density at radius 2 is 1.83 bits per heavy atom. The van der Waals surface area contributed by atoms with Crippen molar-refractivity contribution < 1.29 is 49.8 Å². The number of carbonyl (C=O) groups excluding carboxylic acids is 3. The Bertz CT molecular complexity index is 2670. The van der Waals surface area contributed by atoms with Crippen LogP contribution in [0.5, 0.6) is 11.5 Å². The second-order valence-corrected chi connectivity index (χ2v) is 21.2. The average molecular weight is 941 g/mol. The number of allylic oxidation sites excluding steroid dienone is 1. The number of aryl methyl sites for hydroxylation is 1. The lowest BCUT2D eigenvalue weighted by Gasteiger charge is -2.30. The first-order valence-electron chi connectivity index (χ1n) is 21.8. The number of fused-ring (bicyclic) bond motifs is 3. The van der Waals surface area contributed by atoms with Crippen LogP contribution in [0.1, 0.15) is 101 Å². The molecule has 4 heterocycles. The number of benzene rings is 2. The SMILES string of the molecule is COc1ccc2c(O[C@@H]3C[C@H]4C(=O)N[C@]5(C(=O)NS(=O)(=O)C6(C)CC6)C[C@H]5C=CCCCCC[C@H](Nc5cc(F)cc(C(F)(F)F)c5)C(=O)N4C3)cc(-c3nc(C(C)C)cs3)nc2c1C. The number of halogens is 4. The molecule has 0 spiro atoms. The molecule has 2 saturated carbocycles. The Morgan fingerprint density at radius 3 is 2.52 bits per heavy atom. The van der Waals surface area contributed by atoms with E-state index in [0.29, 0.717) is 77.7 Å². The van der Waals surface area contributed by atoms with Crippen molar-refractivity contribution in [3.8, 4) is 22.2 Å². The summed E-state index contributed by atoms with van der Waals surface area (Å²) in [6.07, 6.45) is 1.21. The zero-order valence-corrected chi connectivity index (χ0v) is 38.3. The van der Waals surface area contributed by atoms with Crippen molar-refractivity contribution >= 4 is 55.7 Å². The monoisotopic (exact) mass is 940 g/mol. The number of hydrogen-bond donors (Lipinski definition) is 3. The molecule has 0 bridgehead atoms. The summed E-state index contributed by atoms with van der Waals surface area (Å²) in [6, 6.07) is 4.83. The second-order valence-electron chi connectivity index (χ2n) is 18.2. The molecule has 2 aromatic carbocycles. The number of hydrogen-bond acceptors (Lipinski definition) is 11. The topological polar surface area (TPSA) is 169 Å². The first kappa shape index (κ1) is 46.2. The Hall–Kier alpha value is -5.30. The quantitative estimate of drug-likeness (QED) is 0.104. The van der Waals surface area contributed by atoms with Gasteiger partial charge in [-0.2, -0.15) is 13.2 Å². The van der Waals surface area contributed by atoms with Gasteiger partial charge >= 0.3 is 6.18 Å². The first-order chi connectivity index (χ1) is 30.7. The number of rotatable bonds is 10. The van der Waals surface area contributed by atoms with Gasteiger partial charge in [-0.3, -0.25) is 19.1 Å². The Labute approximate surface area is 378 Å². The van der Waals surface area contributed by atoms with E-state index in [0.717, 1.165) is 23.4 Å². The molecule has 4 aliphatic rings. The van der Waals surface area contributed by atoms with Crippen LogP contribution in [-0.2, 0) is 30.6 Å². The number of amides is 3. The normalized spacial score (nSPS) is 24.7. The van der Waals surface area contributed by atoms with Gasteiger partial charge in [-0.15, -0.1) is 11.3 Å². The number of anilines is 1. The smallest absolute Gasteiger partial charge is 0.416 e. The average Bonchev–Trinajstić information content (AvgIpc) is 4.02. The minimum atomic E-state index is -4.86. The van der Waals surface area contributed by atoms with Crippen LogP contribution in [0.3, 0.4) is 0 Å². The zero-order chi connectivity index (χ0) is 46.6. The molecule has 348 valence electrons. The minimum absolute atomic E-state index is 0.0832. The number of aromatic nitrogens is 2. The summed E-state index contributed by atoms with van der Waals surface area (Å²) in [7, 11) is -2.53. The maximum atomic E-state index is 14.9. The highest BCUT2D eigenvalue weighted by Crippen LogP contribution is 2.48. The van der Waals surface area contributed by atoms with E-state index in [4.69, 9.17) is 19.4 Å². The van der Waals surface area contributed by atoms with Crippen LogP contribution in [0, 0.1) is 18.7 Å². The van der Waals surface area contributed by atoms with Gasteiger partial charge in [0, 0.05) is 40.4 Å². The summed E-state index contributed by atoms with van der Waals surface area (Å²) in [5, 5.41) is 8.94. The van der Waals surface area contributed by atoms with Gasteiger partial charge < -0.3 is 25.0 Å².